The third-order valence-electron chi connectivity index (χ3n) is 5.71. The largest absolute Gasteiger partial charge is 0.492 e. The summed E-state index contributed by atoms with van der Waals surface area (Å²) in [6.07, 6.45) is 0.322. The molecule has 0 unspecified atom stereocenters. The van der Waals surface area contributed by atoms with Crippen LogP contribution >= 0.6 is 11.6 Å². The lowest BCUT2D eigenvalue weighted by Gasteiger charge is -2.25. The highest BCUT2D eigenvalue weighted by Crippen LogP contribution is 2.38. The summed E-state index contributed by atoms with van der Waals surface area (Å²) in [6.45, 7) is 4.46. The first kappa shape index (κ1) is 27.8. The first-order valence-electron chi connectivity index (χ1n) is 11.1. The zero-order valence-electron chi connectivity index (χ0n) is 19.8. The minimum atomic E-state index is -4.48. The number of sulfonamides is 1. The maximum absolute atomic E-state index is 14.9. The van der Waals surface area contributed by atoms with Crippen LogP contribution in [0.3, 0.4) is 0 Å². The number of nitrogens with one attached hydrogen (secondary N) is 2. The van der Waals surface area contributed by atoms with Crippen molar-refractivity contribution in [1.29, 1.82) is 0 Å². The molecule has 3 N–H and O–H groups in total. The molecule has 0 spiro atoms. The van der Waals surface area contributed by atoms with E-state index in [0.717, 1.165) is 18.2 Å². The topological polar surface area (TPSA) is 135 Å². The van der Waals surface area contributed by atoms with Crippen molar-refractivity contribution in [2.24, 2.45) is 0 Å². The molecule has 196 valence electrons. The lowest BCUT2D eigenvalue weighted by Crippen LogP contribution is -2.33. The van der Waals surface area contributed by atoms with E-state index in [1.807, 2.05) is 0 Å². The van der Waals surface area contributed by atoms with Crippen LogP contribution in [0, 0.1) is 18.6 Å². The van der Waals surface area contributed by atoms with Crippen molar-refractivity contribution in [2.75, 3.05) is 13.2 Å². The predicted molar refractivity (Wildman–Crippen MR) is 128 cm³/mol. The molecule has 2 aromatic carbocycles. The van der Waals surface area contributed by atoms with Crippen LogP contribution in [0.15, 0.2) is 38.4 Å². The van der Waals surface area contributed by atoms with Crippen LogP contribution in [0.5, 0.6) is 5.75 Å². The molecular weight excluding hydrogens is 520 g/mol. The molecule has 0 aliphatic heterocycles. The lowest BCUT2D eigenvalue weighted by atomic mass is 9.90. The summed E-state index contributed by atoms with van der Waals surface area (Å²) < 4.78 is 69.5. The number of aliphatic hydroxyl groups excluding tert-OH is 1. The molecule has 0 aliphatic carbocycles. The van der Waals surface area contributed by atoms with E-state index in [-0.39, 0.29) is 58.7 Å². The van der Waals surface area contributed by atoms with Gasteiger partial charge in [-0.2, -0.15) is 4.72 Å². The summed E-state index contributed by atoms with van der Waals surface area (Å²) in [6, 6.07) is 3.20. The van der Waals surface area contributed by atoms with E-state index >= 15 is 0 Å². The molecule has 0 fully saturated rings. The Morgan fingerprint density at radius 2 is 1.94 bits per heavy atom. The van der Waals surface area contributed by atoms with Crippen LogP contribution in [0.25, 0.3) is 0 Å². The van der Waals surface area contributed by atoms with Gasteiger partial charge < -0.3 is 14.3 Å². The highest BCUT2D eigenvalue weighted by Gasteiger charge is 2.35. The van der Waals surface area contributed by atoms with Crippen molar-refractivity contribution >= 4 is 21.6 Å². The van der Waals surface area contributed by atoms with Gasteiger partial charge in [-0.05, 0) is 48.7 Å². The number of hydrogen-bond acceptors (Lipinski definition) is 7. The van der Waals surface area contributed by atoms with Gasteiger partial charge in [0.05, 0.1) is 6.61 Å². The third kappa shape index (κ3) is 5.77. The van der Waals surface area contributed by atoms with Gasteiger partial charge in [-0.1, -0.05) is 25.4 Å². The van der Waals surface area contributed by atoms with E-state index in [1.54, 1.807) is 13.8 Å². The summed E-state index contributed by atoms with van der Waals surface area (Å²) in [5.74, 6) is -3.73. The Kier molecular flexibility index (Phi) is 8.88. The lowest BCUT2D eigenvalue weighted by molar-refractivity contribution is 0.229. The van der Waals surface area contributed by atoms with Gasteiger partial charge in [0.1, 0.15) is 28.3 Å². The first-order valence-corrected chi connectivity index (χ1v) is 12.9. The molecule has 1 aromatic heterocycles. The Labute approximate surface area is 211 Å². The van der Waals surface area contributed by atoms with Crippen molar-refractivity contribution in [3.05, 3.63) is 74.1 Å². The summed E-state index contributed by atoms with van der Waals surface area (Å²) in [4.78, 5) is 11.3. The Hall–Kier alpha value is -2.80. The smallest absolute Gasteiger partial charge is 0.434 e. The summed E-state index contributed by atoms with van der Waals surface area (Å²) in [5, 5.41) is 15.1. The summed E-state index contributed by atoms with van der Waals surface area (Å²) in [7, 11) is -4.48. The van der Waals surface area contributed by atoms with Crippen LogP contribution < -0.4 is 15.2 Å². The molecule has 3 rings (SSSR count). The maximum atomic E-state index is 14.9. The van der Waals surface area contributed by atoms with Gasteiger partial charge >= 0.3 is 5.76 Å². The number of rotatable bonds is 11. The molecule has 2 atom stereocenters. The SMILES string of the molecule is CCc1c(F)ccc(S(=O)(=O)N[C@H](c2n[nH]c(=O)o2)[C@H](C)c2c(F)ccc(Cl)c2C)c1OCCCO. The molecule has 3 aromatic rings. The molecule has 0 bridgehead atoms. The summed E-state index contributed by atoms with van der Waals surface area (Å²) in [5.41, 5.74) is 0.492. The number of halogens is 3. The first-order chi connectivity index (χ1) is 17.0. The Balaban J connectivity index is 2.13. The highest BCUT2D eigenvalue weighted by atomic mass is 35.5. The molecule has 1 heterocycles. The minimum Gasteiger partial charge on any atom is -0.492 e. The highest BCUT2D eigenvalue weighted by molar-refractivity contribution is 7.89. The van der Waals surface area contributed by atoms with Crippen molar-refractivity contribution < 1.29 is 31.5 Å². The normalized spacial score (nSPS) is 13.5. The quantitative estimate of drug-likeness (QED) is 0.312. The molecule has 13 heteroatoms. The number of aromatic nitrogens is 2. The van der Waals surface area contributed by atoms with E-state index < -0.39 is 39.4 Å². The number of nitrogens with zero attached hydrogens (tertiary/aromatic N) is 1. The molecule has 0 saturated carbocycles. The monoisotopic (exact) mass is 545 g/mol. The second-order valence-corrected chi connectivity index (χ2v) is 10.1. The van der Waals surface area contributed by atoms with Crippen molar-refractivity contribution in [2.45, 2.75) is 50.5 Å². The van der Waals surface area contributed by atoms with Gasteiger partial charge in [0, 0.05) is 29.5 Å². The fourth-order valence-corrected chi connectivity index (χ4v) is 5.49. The van der Waals surface area contributed by atoms with Gasteiger partial charge in [0.2, 0.25) is 15.9 Å². The Bertz CT molecular complexity index is 1390. The number of benzene rings is 2. The van der Waals surface area contributed by atoms with E-state index in [0.29, 0.717) is 5.56 Å². The third-order valence-corrected chi connectivity index (χ3v) is 7.59. The van der Waals surface area contributed by atoms with E-state index in [2.05, 4.69) is 14.9 Å². The number of H-pyrrole nitrogens is 1. The van der Waals surface area contributed by atoms with Gasteiger partial charge in [0.25, 0.3) is 0 Å². The fourth-order valence-electron chi connectivity index (χ4n) is 3.89. The van der Waals surface area contributed by atoms with Gasteiger partial charge in [-0.15, -0.1) is 5.10 Å². The van der Waals surface area contributed by atoms with Crippen LogP contribution in [-0.2, 0) is 16.4 Å². The number of aliphatic hydroxyl groups is 1. The summed E-state index contributed by atoms with van der Waals surface area (Å²) >= 11 is 6.17. The van der Waals surface area contributed by atoms with E-state index in [9.17, 15) is 22.0 Å². The minimum absolute atomic E-state index is 0.0310. The van der Waals surface area contributed by atoms with Crippen LogP contribution in [-0.4, -0.2) is 36.9 Å². The molecule has 36 heavy (non-hydrogen) atoms. The fraction of sp³-hybridized carbons (Fsp3) is 0.391. The average Bonchev–Trinajstić information content (AvgIpc) is 3.26. The molecular formula is C23H26ClF2N3O6S. The second kappa shape index (κ2) is 11.5. The zero-order valence-corrected chi connectivity index (χ0v) is 21.3. The second-order valence-electron chi connectivity index (χ2n) is 8.04. The molecule has 0 amide bonds. The van der Waals surface area contributed by atoms with Gasteiger partial charge in [-0.3, -0.25) is 0 Å². The zero-order chi connectivity index (χ0) is 26.6. The molecule has 9 nitrogen and oxygen atoms in total. The number of aromatic amines is 1. The van der Waals surface area contributed by atoms with E-state index in [1.165, 1.54) is 13.0 Å². The van der Waals surface area contributed by atoms with Crippen molar-refractivity contribution in [3.63, 3.8) is 0 Å². The maximum Gasteiger partial charge on any atom is 0.434 e. The predicted octanol–water partition coefficient (Wildman–Crippen LogP) is 3.75. The molecule has 0 radical (unpaired) electrons. The molecule has 0 aliphatic rings. The van der Waals surface area contributed by atoms with Crippen molar-refractivity contribution in [3.8, 4) is 5.75 Å². The standard InChI is InChI=1S/C23H26ClF2N3O6S/c1-4-14-16(25)8-9-18(21(14)34-11-5-10-30)36(32,33)29-20(22-27-28-23(31)35-22)13(3)19-12(2)15(24)6-7-17(19)26/h6-9,13,20,29-30H,4-5,10-11H2,1-3H3,(H,28,31)/t13-,20+/m1/s1. The number of ether oxygens (including phenoxy) is 1. The van der Waals surface area contributed by atoms with Crippen LogP contribution in [0.2, 0.25) is 5.02 Å². The Morgan fingerprint density at radius 3 is 2.56 bits per heavy atom. The molecule has 0 saturated heterocycles. The van der Waals surface area contributed by atoms with E-state index in [4.69, 9.17) is 25.9 Å². The number of hydrogen-bond donors (Lipinski definition) is 3. The van der Waals surface area contributed by atoms with Gasteiger partial charge in [0.15, 0.2) is 0 Å². The van der Waals surface area contributed by atoms with Crippen LogP contribution in [0.4, 0.5) is 8.78 Å². The van der Waals surface area contributed by atoms with Crippen molar-refractivity contribution in [1.82, 2.24) is 14.9 Å². The Morgan fingerprint density at radius 1 is 1.25 bits per heavy atom. The van der Waals surface area contributed by atoms with Crippen LogP contribution in [0.1, 0.15) is 54.8 Å². The average molecular weight is 546 g/mol. The van der Waals surface area contributed by atoms with Gasteiger partial charge in [-0.25, -0.2) is 27.1 Å².